The van der Waals surface area contributed by atoms with Crippen molar-refractivity contribution in [3.63, 3.8) is 0 Å². The monoisotopic (exact) mass is 263 g/mol. The standard InChI is InChI=1S/C6H13F4N5O2/c1-11(2)4-6(13(7)8,14(9)10)5-12(3)15(16)17/h4-5H2,1-3H3. The van der Waals surface area contributed by atoms with Crippen LogP contribution in [0, 0.1) is 10.1 Å². The molecule has 0 radical (unpaired) electrons. The van der Waals surface area contributed by atoms with Crippen LogP contribution in [-0.4, -0.2) is 65.5 Å². The minimum absolute atomic E-state index is 0.168. The van der Waals surface area contributed by atoms with Gasteiger partial charge in [-0.1, -0.05) is 17.9 Å². The Morgan fingerprint density at radius 1 is 1.06 bits per heavy atom. The molecule has 0 atom stereocenters. The highest BCUT2D eigenvalue weighted by Gasteiger charge is 2.51. The largest absolute Gasteiger partial charge is 0.306 e. The smallest absolute Gasteiger partial charge is 0.231 e. The SMILES string of the molecule is CN(C)CC(CN(C)[N+](=O)[O-])(N(F)F)N(F)F. The summed E-state index contributed by atoms with van der Waals surface area (Å²) >= 11 is 0. The second kappa shape index (κ2) is 5.93. The minimum Gasteiger partial charge on any atom is -0.306 e. The summed E-state index contributed by atoms with van der Waals surface area (Å²) in [6, 6.07) is 0. The molecule has 0 rings (SSSR count). The molecule has 0 fully saturated rings. The maximum absolute atomic E-state index is 12.6. The molecule has 11 heteroatoms. The summed E-state index contributed by atoms with van der Waals surface area (Å²) in [5.74, 6) is 0. The Kier molecular flexibility index (Phi) is 5.51. The van der Waals surface area contributed by atoms with Gasteiger partial charge < -0.3 is 4.90 Å². The zero-order valence-corrected chi connectivity index (χ0v) is 9.48. The average molecular weight is 263 g/mol. The van der Waals surface area contributed by atoms with Gasteiger partial charge >= 0.3 is 0 Å². The Morgan fingerprint density at radius 3 is 1.71 bits per heavy atom. The van der Waals surface area contributed by atoms with Gasteiger partial charge in [0.1, 0.15) is 6.54 Å². The van der Waals surface area contributed by atoms with Gasteiger partial charge in [0.15, 0.2) is 5.03 Å². The highest BCUT2D eigenvalue weighted by Crippen LogP contribution is 2.25. The Balaban J connectivity index is 5.11. The van der Waals surface area contributed by atoms with E-state index >= 15 is 0 Å². The Morgan fingerprint density at radius 2 is 1.47 bits per heavy atom. The summed E-state index contributed by atoms with van der Waals surface area (Å²) in [5, 5.41) is 5.96. The van der Waals surface area contributed by atoms with Gasteiger partial charge in [0.25, 0.3) is 0 Å². The number of hydrogen-bond acceptors (Lipinski definition) is 5. The van der Waals surface area contributed by atoms with E-state index in [2.05, 4.69) is 0 Å². The van der Waals surface area contributed by atoms with E-state index in [4.69, 9.17) is 0 Å². The van der Waals surface area contributed by atoms with Crippen LogP contribution in [0.1, 0.15) is 0 Å². The third-order valence-corrected chi connectivity index (χ3v) is 1.96. The minimum atomic E-state index is -3.06. The lowest BCUT2D eigenvalue weighted by Crippen LogP contribution is -2.61. The van der Waals surface area contributed by atoms with Crippen LogP contribution in [0.4, 0.5) is 17.9 Å². The highest BCUT2D eigenvalue weighted by atomic mass is 19.4. The van der Waals surface area contributed by atoms with E-state index in [1.807, 2.05) is 0 Å². The van der Waals surface area contributed by atoms with Gasteiger partial charge in [-0.15, -0.1) is 5.01 Å². The summed E-state index contributed by atoms with van der Waals surface area (Å²) in [5.41, 5.74) is -3.06. The lowest BCUT2D eigenvalue weighted by molar-refractivity contribution is -0.655. The predicted octanol–water partition coefficient (Wildman–Crippen LogP) is 0.510. The molecular formula is C6H13F4N5O2. The van der Waals surface area contributed by atoms with E-state index in [0.29, 0.717) is 0 Å². The molecule has 0 aliphatic heterocycles. The van der Waals surface area contributed by atoms with Crippen molar-refractivity contribution >= 4 is 0 Å². The Labute approximate surface area is 94.6 Å². The summed E-state index contributed by atoms with van der Waals surface area (Å²) < 4.78 is 50.5. The average Bonchev–Trinajstić information content (AvgIpc) is 2.14. The molecule has 0 heterocycles. The van der Waals surface area contributed by atoms with E-state index in [1.54, 1.807) is 0 Å². The Hall–Kier alpha value is -1.20. The molecule has 7 nitrogen and oxygen atoms in total. The van der Waals surface area contributed by atoms with Gasteiger partial charge in [-0.25, -0.2) is 10.1 Å². The van der Waals surface area contributed by atoms with Crippen molar-refractivity contribution in [2.24, 2.45) is 0 Å². The third kappa shape index (κ3) is 3.94. The summed E-state index contributed by atoms with van der Waals surface area (Å²) in [4.78, 5) is 11.4. The molecule has 0 aromatic rings. The van der Waals surface area contributed by atoms with E-state index < -0.39 is 34.5 Å². The fourth-order valence-electron chi connectivity index (χ4n) is 1.25. The van der Waals surface area contributed by atoms with Crippen LogP contribution in [0.3, 0.4) is 0 Å². The second-order valence-electron chi connectivity index (χ2n) is 3.74. The lowest BCUT2D eigenvalue weighted by atomic mass is 10.1. The van der Waals surface area contributed by atoms with Gasteiger partial charge in [-0.3, -0.25) is 0 Å². The van der Waals surface area contributed by atoms with Crippen LogP contribution in [0.25, 0.3) is 0 Å². The first-order valence-corrected chi connectivity index (χ1v) is 4.37. The first kappa shape index (κ1) is 15.8. The number of nitrogens with zero attached hydrogens (tertiary/aromatic N) is 5. The van der Waals surface area contributed by atoms with Crippen LogP contribution >= 0.6 is 0 Å². The molecule has 0 aliphatic rings. The highest BCUT2D eigenvalue weighted by molar-refractivity contribution is 4.82. The molecule has 0 saturated heterocycles. The second-order valence-corrected chi connectivity index (χ2v) is 3.74. The topological polar surface area (TPSA) is 56.1 Å². The molecule has 0 N–H and O–H groups in total. The molecule has 0 aromatic heterocycles. The van der Waals surface area contributed by atoms with Crippen LogP contribution < -0.4 is 0 Å². The molecule has 0 unspecified atom stereocenters. The van der Waals surface area contributed by atoms with Crippen molar-refractivity contribution < 1.29 is 23.0 Å². The van der Waals surface area contributed by atoms with Crippen molar-refractivity contribution in [1.82, 2.24) is 20.6 Å². The molecule has 0 spiro atoms. The van der Waals surface area contributed by atoms with Gasteiger partial charge in [-0.05, 0) is 14.1 Å². The van der Waals surface area contributed by atoms with Crippen LogP contribution in [0.15, 0.2) is 0 Å². The van der Waals surface area contributed by atoms with E-state index in [0.717, 1.165) is 11.9 Å². The molecule has 102 valence electrons. The lowest BCUT2D eigenvalue weighted by Gasteiger charge is -2.34. The van der Waals surface area contributed by atoms with Crippen molar-refractivity contribution in [3.8, 4) is 0 Å². The van der Waals surface area contributed by atoms with E-state index in [9.17, 15) is 28.0 Å². The van der Waals surface area contributed by atoms with Crippen molar-refractivity contribution in [2.75, 3.05) is 34.2 Å². The van der Waals surface area contributed by atoms with Crippen molar-refractivity contribution in [2.45, 2.75) is 5.66 Å². The summed E-state index contributed by atoms with van der Waals surface area (Å²) in [6.07, 6.45) is 0. The summed E-state index contributed by atoms with van der Waals surface area (Å²) in [7, 11) is 3.43. The van der Waals surface area contributed by atoms with Gasteiger partial charge in [0, 0.05) is 6.54 Å². The Bertz CT molecular complexity index is 257. The molecule has 17 heavy (non-hydrogen) atoms. The fourth-order valence-corrected chi connectivity index (χ4v) is 1.25. The first-order valence-electron chi connectivity index (χ1n) is 4.37. The van der Waals surface area contributed by atoms with Crippen molar-refractivity contribution in [1.29, 1.82) is 0 Å². The number of rotatable bonds is 7. The number of likely N-dealkylation sites (N-methyl/N-ethyl adjacent to an activating group) is 2. The first-order chi connectivity index (χ1) is 7.63. The van der Waals surface area contributed by atoms with Crippen molar-refractivity contribution in [3.05, 3.63) is 10.1 Å². The van der Waals surface area contributed by atoms with Crippen LogP contribution in [-0.2, 0) is 0 Å². The quantitative estimate of drug-likeness (QED) is 0.219. The third-order valence-electron chi connectivity index (χ3n) is 1.96. The maximum atomic E-state index is 12.6. The molecule has 0 saturated carbocycles. The van der Waals surface area contributed by atoms with Gasteiger partial charge in [0.05, 0.1) is 17.7 Å². The van der Waals surface area contributed by atoms with E-state index in [-0.39, 0.29) is 5.01 Å². The van der Waals surface area contributed by atoms with Gasteiger partial charge in [-0.2, -0.15) is 0 Å². The normalized spacial score (nSPS) is 12.6. The number of halogens is 4. The molecule has 0 bridgehead atoms. The number of nitro groups is 1. The van der Waals surface area contributed by atoms with Gasteiger partial charge in [0.2, 0.25) is 5.66 Å². The molecular weight excluding hydrogens is 250 g/mol. The maximum Gasteiger partial charge on any atom is 0.231 e. The molecule has 0 aromatic carbocycles. The summed E-state index contributed by atoms with van der Waals surface area (Å²) in [6.45, 7) is -1.96. The van der Waals surface area contributed by atoms with Crippen LogP contribution in [0.2, 0.25) is 0 Å². The van der Waals surface area contributed by atoms with E-state index in [1.165, 1.54) is 14.1 Å². The van der Waals surface area contributed by atoms with Crippen LogP contribution in [0.5, 0.6) is 0 Å². The predicted molar refractivity (Wildman–Crippen MR) is 49.0 cm³/mol. The number of hydrogen-bond donors (Lipinski definition) is 0. The number of hydrazine groups is 1. The zero-order chi connectivity index (χ0) is 13.8. The molecule has 0 aliphatic carbocycles. The fraction of sp³-hybridized carbons (Fsp3) is 1.00. The molecule has 0 amide bonds. The zero-order valence-electron chi connectivity index (χ0n) is 9.48.